The van der Waals surface area contributed by atoms with Crippen LogP contribution in [0.25, 0.3) is 0 Å². The molecular formula is C18H19ClN2O4S. The van der Waals surface area contributed by atoms with Crippen LogP contribution in [0.5, 0.6) is 0 Å². The van der Waals surface area contributed by atoms with Crippen molar-refractivity contribution >= 4 is 33.2 Å². The Balaban J connectivity index is 1.64. The van der Waals surface area contributed by atoms with Crippen LogP contribution in [0.1, 0.15) is 15.9 Å². The number of benzene rings is 2. The lowest BCUT2D eigenvalue weighted by molar-refractivity contribution is 0.0729. The SMILES string of the molecule is O=C(Nc1ccc(Cl)cc1)c1ccc(CS(=O)(=O)N2CCOCC2)cc1. The molecule has 1 fully saturated rings. The van der Waals surface area contributed by atoms with Crippen molar-refractivity contribution in [3.8, 4) is 0 Å². The number of amides is 1. The fourth-order valence-electron chi connectivity index (χ4n) is 2.62. The molecule has 138 valence electrons. The van der Waals surface area contributed by atoms with E-state index in [1.807, 2.05) is 0 Å². The number of hydrogen-bond donors (Lipinski definition) is 1. The first-order valence-corrected chi connectivity index (χ1v) is 10.1. The Kier molecular flexibility index (Phi) is 5.93. The Bertz CT molecular complexity index is 861. The fraction of sp³-hybridized carbons (Fsp3) is 0.278. The molecule has 0 atom stereocenters. The van der Waals surface area contributed by atoms with E-state index in [4.69, 9.17) is 16.3 Å². The molecule has 1 amide bonds. The number of nitrogens with zero attached hydrogens (tertiary/aromatic N) is 1. The van der Waals surface area contributed by atoms with Gasteiger partial charge >= 0.3 is 0 Å². The molecule has 0 radical (unpaired) electrons. The monoisotopic (exact) mass is 394 g/mol. The van der Waals surface area contributed by atoms with E-state index in [2.05, 4.69) is 5.32 Å². The third-order valence-corrected chi connectivity index (χ3v) is 6.13. The molecule has 8 heteroatoms. The molecule has 2 aromatic rings. The van der Waals surface area contributed by atoms with Gasteiger partial charge in [-0.3, -0.25) is 4.79 Å². The number of ether oxygens (including phenoxy) is 1. The average Bonchev–Trinajstić information content (AvgIpc) is 2.64. The quantitative estimate of drug-likeness (QED) is 0.846. The Morgan fingerprint density at radius 1 is 1.04 bits per heavy atom. The Labute approximate surface area is 157 Å². The van der Waals surface area contributed by atoms with Crippen LogP contribution >= 0.6 is 11.6 Å². The van der Waals surface area contributed by atoms with Gasteiger partial charge in [-0.2, -0.15) is 4.31 Å². The summed E-state index contributed by atoms with van der Waals surface area (Å²) < 4.78 is 31.5. The molecule has 6 nitrogen and oxygen atoms in total. The molecule has 1 N–H and O–H groups in total. The molecule has 0 bridgehead atoms. The van der Waals surface area contributed by atoms with E-state index in [9.17, 15) is 13.2 Å². The normalized spacial score (nSPS) is 15.6. The second-order valence-electron chi connectivity index (χ2n) is 5.93. The summed E-state index contributed by atoms with van der Waals surface area (Å²) in [6.07, 6.45) is 0. The maximum atomic E-state index is 12.4. The summed E-state index contributed by atoms with van der Waals surface area (Å²) in [5.41, 5.74) is 1.73. The van der Waals surface area contributed by atoms with Gasteiger partial charge in [-0.1, -0.05) is 23.7 Å². The Morgan fingerprint density at radius 3 is 2.27 bits per heavy atom. The van der Waals surface area contributed by atoms with Crippen LogP contribution in [-0.4, -0.2) is 44.9 Å². The highest BCUT2D eigenvalue weighted by Gasteiger charge is 2.24. The number of morpholine rings is 1. The smallest absolute Gasteiger partial charge is 0.255 e. The van der Waals surface area contributed by atoms with Crippen LogP contribution < -0.4 is 5.32 Å². The lowest BCUT2D eigenvalue weighted by Crippen LogP contribution is -2.41. The van der Waals surface area contributed by atoms with E-state index in [0.29, 0.717) is 48.1 Å². The topological polar surface area (TPSA) is 75.7 Å². The van der Waals surface area contributed by atoms with Crippen LogP contribution in [0, 0.1) is 0 Å². The molecule has 1 aliphatic heterocycles. The van der Waals surface area contributed by atoms with Gasteiger partial charge in [0.1, 0.15) is 0 Å². The molecule has 0 spiro atoms. The summed E-state index contributed by atoms with van der Waals surface area (Å²) in [4.78, 5) is 12.3. The van der Waals surface area contributed by atoms with E-state index in [1.54, 1.807) is 48.5 Å². The zero-order valence-corrected chi connectivity index (χ0v) is 15.6. The van der Waals surface area contributed by atoms with Crippen molar-refractivity contribution in [1.82, 2.24) is 4.31 Å². The Hall–Kier alpha value is -1.93. The first kappa shape index (κ1) is 18.8. The summed E-state index contributed by atoms with van der Waals surface area (Å²) in [6.45, 7) is 1.60. The Morgan fingerprint density at radius 2 is 1.65 bits per heavy atom. The molecule has 3 rings (SSSR count). The summed E-state index contributed by atoms with van der Waals surface area (Å²) in [7, 11) is -3.38. The van der Waals surface area contributed by atoms with Crippen LogP contribution in [0.2, 0.25) is 5.02 Å². The number of hydrogen-bond acceptors (Lipinski definition) is 4. The highest BCUT2D eigenvalue weighted by atomic mass is 35.5. The highest BCUT2D eigenvalue weighted by Crippen LogP contribution is 2.16. The van der Waals surface area contributed by atoms with Gasteiger partial charge in [-0.05, 0) is 42.0 Å². The third kappa shape index (κ3) is 4.82. The van der Waals surface area contributed by atoms with E-state index in [1.165, 1.54) is 4.31 Å². The molecule has 26 heavy (non-hydrogen) atoms. The molecule has 0 aromatic heterocycles. The van der Waals surface area contributed by atoms with Gasteiger partial charge in [-0.15, -0.1) is 0 Å². The van der Waals surface area contributed by atoms with Gasteiger partial charge in [0.2, 0.25) is 10.0 Å². The molecule has 0 unspecified atom stereocenters. The van der Waals surface area contributed by atoms with Crippen molar-refractivity contribution in [2.75, 3.05) is 31.6 Å². The zero-order chi connectivity index (χ0) is 18.6. The lowest BCUT2D eigenvalue weighted by Gasteiger charge is -2.26. The number of nitrogens with one attached hydrogen (secondary N) is 1. The highest BCUT2D eigenvalue weighted by molar-refractivity contribution is 7.88. The summed E-state index contributed by atoms with van der Waals surface area (Å²) >= 11 is 5.82. The van der Waals surface area contributed by atoms with Gasteiger partial charge in [0.15, 0.2) is 0 Å². The van der Waals surface area contributed by atoms with Crippen molar-refractivity contribution in [3.63, 3.8) is 0 Å². The van der Waals surface area contributed by atoms with Crippen LogP contribution in [0.3, 0.4) is 0 Å². The van der Waals surface area contributed by atoms with E-state index < -0.39 is 10.0 Å². The minimum atomic E-state index is -3.38. The van der Waals surface area contributed by atoms with Crippen molar-refractivity contribution in [2.24, 2.45) is 0 Å². The predicted octanol–water partition coefficient (Wildman–Crippen LogP) is 2.75. The first-order chi connectivity index (χ1) is 12.4. The fourth-order valence-corrected chi connectivity index (χ4v) is 4.24. The van der Waals surface area contributed by atoms with Crippen molar-refractivity contribution in [1.29, 1.82) is 0 Å². The second kappa shape index (κ2) is 8.18. The second-order valence-corrected chi connectivity index (χ2v) is 8.33. The average molecular weight is 395 g/mol. The molecule has 1 aliphatic rings. The summed E-state index contributed by atoms with van der Waals surface area (Å²) in [5.74, 6) is -0.360. The van der Waals surface area contributed by atoms with Gasteiger partial charge in [0.25, 0.3) is 5.91 Å². The van der Waals surface area contributed by atoms with Crippen molar-refractivity contribution in [3.05, 3.63) is 64.7 Å². The number of anilines is 1. The molecular weight excluding hydrogens is 376 g/mol. The molecule has 1 saturated heterocycles. The number of sulfonamides is 1. The van der Waals surface area contributed by atoms with Gasteiger partial charge in [0.05, 0.1) is 19.0 Å². The van der Waals surface area contributed by atoms with Crippen LogP contribution in [0.15, 0.2) is 48.5 Å². The predicted molar refractivity (Wildman–Crippen MR) is 101 cm³/mol. The van der Waals surface area contributed by atoms with E-state index in [0.717, 1.165) is 0 Å². The minimum Gasteiger partial charge on any atom is -0.379 e. The summed E-state index contributed by atoms with van der Waals surface area (Å²) in [5, 5.41) is 3.36. The minimum absolute atomic E-state index is 0.0912. The van der Waals surface area contributed by atoms with Crippen LogP contribution in [0.4, 0.5) is 5.69 Å². The maximum Gasteiger partial charge on any atom is 0.255 e. The number of carbonyl (C=O) groups is 1. The van der Waals surface area contributed by atoms with Crippen molar-refractivity contribution < 1.29 is 17.9 Å². The first-order valence-electron chi connectivity index (χ1n) is 8.15. The van der Waals surface area contributed by atoms with Gasteiger partial charge in [-0.25, -0.2) is 8.42 Å². The maximum absolute atomic E-state index is 12.4. The van der Waals surface area contributed by atoms with E-state index >= 15 is 0 Å². The standard InChI is InChI=1S/C18H19ClN2O4S/c19-16-5-7-17(8-6-16)20-18(22)15-3-1-14(2-4-15)13-26(23,24)21-9-11-25-12-10-21/h1-8H,9-13H2,(H,20,22). The lowest BCUT2D eigenvalue weighted by atomic mass is 10.1. The van der Waals surface area contributed by atoms with Crippen LogP contribution in [-0.2, 0) is 20.5 Å². The molecule has 0 saturated carbocycles. The number of carbonyl (C=O) groups excluding carboxylic acids is 1. The molecule has 0 aliphatic carbocycles. The molecule has 2 aromatic carbocycles. The van der Waals surface area contributed by atoms with Gasteiger partial charge < -0.3 is 10.1 Å². The zero-order valence-electron chi connectivity index (χ0n) is 14.0. The third-order valence-electron chi connectivity index (χ3n) is 4.03. The van der Waals surface area contributed by atoms with Crippen molar-refractivity contribution in [2.45, 2.75) is 5.75 Å². The largest absolute Gasteiger partial charge is 0.379 e. The summed E-state index contributed by atoms with van der Waals surface area (Å²) in [6, 6.07) is 13.4. The number of rotatable bonds is 5. The number of halogens is 1. The molecule has 1 heterocycles. The van der Waals surface area contributed by atoms with E-state index in [-0.39, 0.29) is 11.7 Å². The van der Waals surface area contributed by atoms with Gasteiger partial charge in [0, 0.05) is 29.4 Å².